The molecule has 1 unspecified atom stereocenters. The van der Waals surface area contributed by atoms with Gasteiger partial charge in [-0.25, -0.2) is 0 Å². The number of carbonyl (C=O) groups is 1. The molecule has 1 N–H and O–H groups in total. The van der Waals surface area contributed by atoms with Gasteiger partial charge in [0.15, 0.2) is 0 Å². The molecule has 16 heavy (non-hydrogen) atoms. The van der Waals surface area contributed by atoms with Crippen LogP contribution in [-0.2, 0) is 9.53 Å². The maximum Gasteiger partial charge on any atom is 0.223 e. The molecule has 0 spiro atoms. The molecule has 0 aromatic carbocycles. The molecule has 0 saturated carbocycles. The Kier molecular flexibility index (Phi) is 5.77. The summed E-state index contributed by atoms with van der Waals surface area (Å²) in [4.78, 5) is 13.7. The molecule has 1 atom stereocenters. The van der Waals surface area contributed by atoms with Crippen molar-refractivity contribution in [3.63, 3.8) is 0 Å². The van der Waals surface area contributed by atoms with Crippen LogP contribution in [-0.4, -0.2) is 48.8 Å². The molecule has 0 radical (unpaired) electrons. The molecule has 0 aliphatic carbocycles. The van der Waals surface area contributed by atoms with Gasteiger partial charge in [0.2, 0.25) is 5.91 Å². The second-order valence-electron chi connectivity index (χ2n) is 4.88. The zero-order chi connectivity index (χ0) is 12.0. The lowest BCUT2D eigenvalue weighted by Gasteiger charge is -2.28. The third kappa shape index (κ3) is 4.49. The van der Waals surface area contributed by atoms with Crippen LogP contribution in [0.5, 0.6) is 0 Å². The summed E-state index contributed by atoms with van der Waals surface area (Å²) >= 11 is 0. The van der Waals surface area contributed by atoms with Crippen LogP contribution in [0.25, 0.3) is 0 Å². The summed E-state index contributed by atoms with van der Waals surface area (Å²) in [5.74, 6) is 0.785. The van der Waals surface area contributed by atoms with Gasteiger partial charge in [0.05, 0.1) is 13.2 Å². The van der Waals surface area contributed by atoms with E-state index < -0.39 is 0 Å². The highest BCUT2D eigenvalue weighted by Gasteiger charge is 2.21. The van der Waals surface area contributed by atoms with Gasteiger partial charge >= 0.3 is 0 Å². The minimum absolute atomic E-state index is 0.105. The standard InChI is InChI=1S/C12H23NO3/c1-10(2)7-11(9-14)8-12(15)13-3-5-16-6-4-13/h10-11,14H,3-9H2,1-2H3. The Hall–Kier alpha value is -0.610. The molecular weight excluding hydrogens is 206 g/mol. The third-order valence-electron chi connectivity index (χ3n) is 2.89. The van der Waals surface area contributed by atoms with Gasteiger partial charge in [-0.15, -0.1) is 0 Å². The van der Waals surface area contributed by atoms with Crippen LogP contribution < -0.4 is 0 Å². The quantitative estimate of drug-likeness (QED) is 0.761. The molecule has 1 saturated heterocycles. The number of morpholine rings is 1. The summed E-state index contributed by atoms with van der Waals surface area (Å²) in [7, 11) is 0. The van der Waals surface area contributed by atoms with Crippen LogP contribution in [0.15, 0.2) is 0 Å². The summed E-state index contributed by atoms with van der Waals surface area (Å²) in [6.45, 7) is 6.99. The maximum absolute atomic E-state index is 11.9. The Morgan fingerprint density at radius 1 is 1.38 bits per heavy atom. The normalized spacial score (nSPS) is 18.9. The first-order valence-electron chi connectivity index (χ1n) is 6.10. The highest BCUT2D eigenvalue weighted by atomic mass is 16.5. The van der Waals surface area contributed by atoms with Gasteiger partial charge in [-0.05, 0) is 18.3 Å². The van der Waals surface area contributed by atoms with Crippen LogP contribution in [0.3, 0.4) is 0 Å². The van der Waals surface area contributed by atoms with Gasteiger partial charge in [0, 0.05) is 26.1 Å². The molecule has 4 heteroatoms. The number of hydrogen-bond donors (Lipinski definition) is 1. The van der Waals surface area contributed by atoms with E-state index in [1.807, 2.05) is 4.90 Å². The number of ether oxygens (including phenoxy) is 1. The largest absolute Gasteiger partial charge is 0.396 e. The zero-order valence-corrected chi connectivity index (χ0v) is 10.3. The Morgan fingerprint density at radius 2 is 2.00 bits per heavy atom. The molecule has 0 aromatic heterocycles. The van der Waals surface area contributed by atoms with Gasteiger partial charge < -0.3 is 14.7 Å². The Bertz CT molecular complexity index is 212. The number of rotatable bonds is 5. The van der Waals surface area contributed by atoms with E-state index in [-0.39, 0.29) is 18.4 Å². The SMILES string of the molecule is CC(C)CC(CO)CC(=O)N1CCOCC1. The van der Waals surface area contributed by atoms with Crippen molar-refractivity contribution in [2.24, 2.45) is 11.8 Å². The molecule has 1 aliphatic rings. The van der Waals surface area contributed by atoms with E-state index in [9.17, 15) is 9.90 Å². The lowest BCUT2D eigenvalue weighted by Crippen LogP contribution is -2.41. The van der Waals surface area contributed by atoms with Crippen molar-refractivity contribution in [3.05, 3.63) is 0 Å². The van der Waals surface area contributed by atoms with Gasteiger partial charge in [-0.3, -0.25) is 4.79 Å². The highest BCUT2D eigenvalue weighted by Crippen LogP contribution is 2.16. The van der Waals surface area contributed by atoms with Gasteiger partial charge in [0.1, 0.15) is 0 Å². The van der Waals surface area contributed by atoms with Crippen LogP contribution >= 0.6 is 0 Å². The zero-order valence-electron chi connectivity index (χ0n) is 10.3. The Labute approximate surface area is 97.6 Å². The minimum atomic E-state index is 0.105. The molecule has 0 aromatic rings. The molecular formula is C12H23NO3. The van der Waals surface area contributed by atoms with Crippen molar-refractivity contribution in [1.29, 1.82) is 0 Å². The van der Waals surface area contributed by atoms with Gasteiger partial charge in [-0.1, -0.05) is 13.8 Å². The van der Waals surface area contributed by atoms with E-state index in [1.165, 1.54) is 0 Å². The number of hydrogen-bond acceptors (Lipinski definition) is 3. The first kappa shape index (κ1) is 13.5. The van der Waals surface area contributed by atoms with E-state index in [2.05, 4.69) is 13.8 Å². The first-order chi connectivity index (χ1) is 7.63. The topological polar surface area (TPSA) is 49.8 Å². The number of aliphatic hydroxyl groups excluding tert-OH is 1. The van der Waals surface area contributed by atoms with E-state index in [4.69, 9.17) is 4.74 Å². The number of carbonyl (C=O) groups excluding carboxylic acids is 1. The number of amides is 1. The fraction of sp³-hybridized carbons (Fsp3) is 0.917. The van der Waals surface area contributed by atoms with E-state index in [0.29, 0.717) is 38.6 Å². The molecule has 4 nitrogen and oxygen atoms in total. The molecule has 1 amide bonds. The average Bonchev–Trinajstić information content (AvgIpc) is 2.28. The first-order valence-corrected chi connectivity index (χ1v) is 6.10. The third-order valence-corrected chi connectivity index (χ3v) is 2.89. The van der Waals surface area contributed by atoms with Crippen molar-refractivity contribution >= 4 is 5.91 Å². The van der Waals surface area contributed by atoms with Crippen LogP contribution in [0, 0.1) is 11.8 Å². The van der Waals surface area contributed by atoms with Crippen molar-refractivity contribution in [2.45, 2.75) is 26.7 Å². The summed E-state index contributed by atoms with van der Waals surface area (Å²) in [5, 5.41) is 9.23. The van der Waals surface area contributed by atoms with E-state index in [0.717, 1.165) is 6.42 Å². The molecule has 94 valence electrons. The van der Waals surface area contributed by atoms with Crippen LogP contribution in [0.1, 0.15) is 26.7 Å². The molecule has 1 aliphatic heterocycles. The molecule has 1 rings (SSSR count). The lowest BCUT2D eigenvalue weighted by molar-refractivity contribution is -0.136. The fourth-order valence-corrected chi connectivity index (χ4v) is 2.08. The minimum Gasteiger partial charge on any atom is -0.396 e. The van der Waals surface area contributed by atoms with Crippen molar-refractivity contribution in [2.75, 3.05) is 32.9 Å². The van der Waals surface area contributed by atoms with Crippen LogP contribution in [0.2, 0.25) is 0 Å². The maximum atomic E-state index is 11.9. The van der Waals surface area contributed by atoms with Crippen LogP contribution in [0.4, 0.5) is 0 Å². The highest BCUT2D eigenvalue weighted by molar-refractivity contribution is 5.76. The Morgan fingerprint density at radius 3 is 2.50 bits per heavy atom. The van der Waals surface area contributed by atoms with Gasteiger partial charge in [0.25, 0.3) is 0 Å². The smallest absolute Gasteiger partial charge is 0.223 e. The molecule has 0 bridgehead atoms. The number of nitrogens with zero attached hydrogens (tertiary/aromatic N) is 1. The number of aliphatic hydroxyl groups is 1. The summed E-state index contributed by atoms with van der Waals surface area (Å²) < 4.78 is 5.20. The van der Waals surface area contributed by atoms with E-state index >= 15 is 0 Å². The van der Waals surface area contributed by atoms with Gasteiger partial charge in [-0.2, -0.15) is 0 Å². The summed E-state index contributed by atoms with van der Waals surface area (Å²) in [6, 6.07) is 0. The molecule has 1 fully saturated rings. The van der Waals surface area contributed by atoms with E-state index in [1.54, 1.807) is 0 Å². The monoisotopic (exact) mass is 229 g/mol. The predicted molar refractivity (Wildman–Crippen MR) is 62.0 cm³/mol. The predicted octanol–water partition coefficient (Wildman–Crippen LogP) is 0.890. The molecule has 1 heterocycles. The van der Waals surface area contributed by atoms with Crippen molar-refractivity contribution in [1.82, 2.24) is 4.90 Å². The second kappa shape index (κ2) is 6.86. The summed E-state index contributed by atoms with van der Waals surface area (Å²) in [6.07, 6.45) is 1.38. The van der Waals surface area contributed by atoms with Crippen molar-refractivity contribution < 1.29 is 14.6 Å². The lowest BCUT2D eigenvalue weighted by atomic mass is 9.94. The second-order valence-corrected chi connectivity index (χ2v) is 4.88. The van der Waals surface area contributed by atoms with Crippen molar-refractivity contribution in [3.8, 4) is 0 Å². The summed E-state index contributed by atoms with van der Waals surface area (Å²) in [5.41, 5.74) is 0. The average molecular weight is 229 g/mol. The Balaban J connectivity index is 2.35. The fourth-order valence-electron chi connectivity index (χ4n) is 2.08.